The normalized spacial score (nSPS) is 30.3. The molecule has 0 spiro atoms. The van der Waals surface area contributed by atoms with Gasteiger partial charge in [-0.2, -0.15) is 5.26 Å². The molecule has 2 aliphatic heterocycles. The molecule has 0 bridgehead atoms. The van der Waals surface area contributed by atoms with E-state index in [1.165, 1.54) is 0 Å². The molecule has 0 aromatic carbocycles. The van der Waals surface area contributed by atoms with Gasteiger partial charge in [0.15, 0.2) is 0 Å². The highest BCUT2D eigenvalue weighted by Crippen LogP contribution is 2.24. The first-order chi connectivity index (χ1) is 8.24. The number of rotatable bonds is 3. The lowest BCUT2D eigenvalue weighted by molar-refractivity contribution is -0.130. The van der Waals surface area contributed by atoms with Gasteiger partial charge in [-0.1, -0.05) is 6.08 Å². The van der Waals surface area contributed by atoms with E-state index in [9.17, 15) is 4.79 Å². The molecule has 2 atom stereocenters. The van der Waals surface area contributed by atoms with Crippen LogP contribution in [0, 0.1) is 17.2 Å². The Morgan fingerprint density at radius 2 is 2.35 bits per heavy atom. The third-order valence-corrected chi connectivity index (χ3v) is 3.65. The molecule has 0 radical (unpaired) electrons. The summed E-state index contributed by atoms with van der Waals surface area (Å²) in [6, 6.07) is 2.51. The average molecular weight is 233 g/mol. The number of hydrogen-bond donors (Lipinski definition) is 0. The molecule has 2 aliphatic rings. The summed E-state index contributed by atoms with van der Waals surface area (Å²) in [5.41, 5.74) is 0. The van der Waals surface area contributed by atoms with Crippen LogP contribution in [0.4, 0.5) is 0 Å². The van der Waals surface area contributed by atoms with Gasteiger partial charge in [0, 0.05) is 32.1 Å². The first-order valence-electron chi connectivity index (χ1n) is 6.27. The zero-order valence-electron chi connectivity index (χ0n) is 10.1. The number of nitriles is 1. The Kier molecular flexibility index (Phi) is 3.80. The van der Waals surface area contributed by atoms with Crippen molar-refractivity contribution in [3.8, 4) is 6.07 Å². The number of nitrogens with zero attached hydrogens (tertiary/aromatic N) is 3. The van der Waals surface area contributed by atoms with Crippen LogP contribution in [0.1, 0.15) is 19.3 Å². The fourth-order valence-electron chi connectivity index (χ4n) is 2.80. The predicted molar refractivity (Wildman–Crippen MR) is 65.1 cm³/mol. The fraction of sp³-hybridized carbons (Fsp3) is 0.692. The molecule has 2 fully saturated rings. The number of piperidine rings is 1. The van der Waals surface area contributed by atoms with E-state index in [0.717, 1.165) is 32.5 Å². The standard InChI is InChI=1S/C13H19N3O/c1-2-5-15-6-3-4-12(10-15)16-9-11(8-14)7-13(16)17/h2,11-12H,1,3-7,9-10H2. The molecule has 4 nitrogen and oxygen atoms in total. The monoisotopic (exact) mass is 233 g/mol. The van der Waals surface area contributed by atoms with Crippen LogP contribution in [-0.4, -0.2) is 47.9 Å². The number of amides is 1. The highest BCUT2D eigenvalue weighted by atomic mass is 16.2. The third kappa shape index (κ3) is 2.67. The molecule has 0 saturated carbocycles. The van der Waals surface area contributed by atoms with Gasteiger partial charge in [-0.05, 0) is 19.4 Å². The van der Waals surface area contributed by atoms with Gasteiger partial charge in [-0.15, -0.1) is 6.58 Å². The van der Waals surface area contributed by atoms with E-state index in [0.29, 0.717) is 19.0 Å². The zero-order chi connectivity index (χ0) is 12.3. The summed E-state index contributed by atoms with van der Waals surface area (Å²) >= 11 is 0. The largest absolute Gasteiger partial charge is 0.337 e. The summed E-state index contributed by atoms with van der Waals surface area (Å²) in [6.45, 7) is 7.28. The summed E-state index contributed by atoms with van der Waals surface area (Å²) in [5.74, 6) is 0.0549. The SMILES string of the molecule is C=CCN1CCCC(N2CC(C#N)CC2=O)C1. The van der Waals surface area contributed by atoms with Gasteiger partial charge >= 0.3 is 0 Å². The minimum atomic E-state index is -0.0997. The third-order valence-electron chi connectivity index (χ3n) is 3.65. The van der Waals surface area contributed by atoms with Crippen molar-refractivity contribution in [1.29, 1.82) is 5.26 Å². The lowest BCUT2D eigenvalue weighted by atomic mass is 10.0. The molecular weight excluding hydrogens is 214 g/mol. The topological polar surface area (TPSA) is 47.3 Å². The number of likely N-dealkylation sites (tertiary alicyclic amines) is 2. The first kappa shape index (κ1) is 12.1. The van der Waals surface area contributed by atoms with Crippen LogP contribution in [0.2, 0.25) is 0 Å². The van der Waals surface area contributed by atoms with Crippen LogP contribution in [0.3, 0.4) is 0 Å². The van der Waals surface area contributed by atoms with Crippen LogP contribution in [0.25, 0.3) is 0 Å². The lowest BCUT2D eigenvalue weighted by Crippen LogP contribution is -2.48. The maximum atomic E-state index is 11.8. The summed E-state index contributed by atoms with van der Waals surface area (Å²) < 4.78 is 0. The molecule has 2 unspecified atom stereocenters. The molecule has 1 amide bonds. The highest BCUT2D eigenvalue weighted by Gasteiger charge is 2.35. The molecule has 4 heteroatoms. The number of hydrogen-bond acceptors (Lipinski definition) is 3. The van der Waals surface area contributed by atoms with E-state index < -0.39 is 0 Å². The number of carbonyl (C=O) groups is 1. The Hall–Kier alpha value is -1.34. The van der Waals surface area contributed by atoms with Crippen molar-refractivity contribution >= 4 is 5.91 Å². The van der Waals surface area contributed by atoms with Gasteiger partial charge in [-0.25, -0.2) is 0 Å². The molecule has 92 valence electrons. The quantitative estimate of drug-likeness (QED) is 0.683. The second kappa shape index (κ2) is 5.33. The van der Waals surface area contributed by atoms with Crippen molar-refractivity contribution in [2.24, 2.45) is 5.92 Å². The van der Waals surface area contributed by atoms with Gasteiger partial charge < -0.3 is 4.90 Å². The molecule has 0 N–H and O–H groups in total. The van der Waals surface area contributed by atoms with Gasteiger partial charge in [0.25, 0.3) is 0 Å². The molecule has 2 rings (SSSR count). The minimum absolute atomic E-state index is 0.0997. The van der Waals surface area contributed by atoms with E-state index in [2.05, 4.69) is 17.5 Å². The van der Waals surface area contributed by atoms with Gasteiger partial charge in [0.05, 0.1) is 12.0 Å². The smallest absolute Gasteiger partial charge is 0.224 e. The first-order valence-corrected chi connectivity index (χ1v) is 6.27. The van der Waals surface area contributed by atoms with Gasteiger partial charge in [-0.3, -0.25) is 9.69 Å². The van der Waals surface area contributed by atoms with E-state index in [1.54, 1.807) is 0 Å². The molecule has 0 aromatic rings. The average Bonchev–Trinajstić information content (AvgIpc) is 2.71. The van der Waals surface area contributed by atoms with E-state index in [-0.39, 0.29) is 11.8 Å². The summed E-state index contributed by atoms with van der Waals surface area (Å²) in [6.07, 6.45) is 4.51. The Balaban J connectivity index is 1.96. The Morgan fingerprint density at radius 3 is 3.00 bits per heavy atom. The molecule has 17 heavy (non-hydrogen) atoms. The summed E-state index contributed by atoms with van der Waals surface area (Å²) in [4.78, 5) is 16.1. The Labute approximate surface area is 102 Å². The van der Waals surface area contributed by atoms with Crippen molar-refractivity contribution < 1.29 is 4.79 Å². The van der Waals surface area contributed by atoms with Crippen LogP contribution in [0.5, 0.6) is 0 Å². The second-order valence-electron chi connectivity index (χ2n) is 4.92. The zero-order valence-corrected chi connectivity index (χ0v) is 10.1. The Morgan fingerprint density at radius 1 is 1.53 bits per heavy atom. The van der Waals surface area contributed by atoms with Crippen molar-refractivity contribution in [2.75, 3.05) is 26.2 Å². The van der Waals surface area contributed by atoms with Crippen LogP contribution in [-0.2, 0) is 4.79 Å². The van der Waals surface area contributed by atoms with Crippen LogP contribution >= 0.6 is 0 Å². The van der Waals surface area contributed by atoms with Crippen LogP contribution in [0.15, 0.2) is 12.7 Å². The van der Waals surface area contributed by atoms with Crippen molar-refractivity contribution in [3.05, 3.63) is 12.7 Å². The second-order valence-corrected chi connectivity index (χ2v) is 4.92. The van der Waals surface area contributed by atoms with Crippen molar-refractivity contribution in [3.63, 3.8) is 0 Å². The molecule has 2 saturated heterocycles. The van der Waals surface area contributed by atoms with Crippen LogP contribution < -0.4 is 0 Å². The number of carbonyl (C=O) groups excluding carboxylic acids is 1. The molecule has 0 aliphatic carbocycles. The summed E-state index contributed by atoms with van der Waals surface area (Å²) in [7, 11) is 0. The van der Waals surface area contributed by atoms with Crippen molar-refractivity contribution in [1.82, 2.24) is 9.80 Å². The van der Waals surface area contributed by atoms with Gasteiger partial charge in [0.2, 0.25) is 5.91 Å². The summed E-state index contributed by atoms with van der Waals surface area (Å²) in [5, 5.41) is 8.88. The fourth-order valence-corrected chi connectivity index (χ4v) is 2.80. The molecule has 2 heterocycles. The van der Waals surface area contributed by atoms with E-state index >= 15 is 0 Å². The highest BCUT2D eigenvalue weighted by molar-refractivity contribution is 5.79. The predicted octanol–water partition coefficient (Wildman–Crippen LogP) is 1.01. The lowest BCUT2D eigenvalue weighted by Gasteiger charge is -2.37. The van der Waals surface area contributed by atoms with Gasteiger partial charge in [0.1, 0.15) is 0 Å². The van der Waals surface area contributed by atoms with Crippen molar-refractivity contribution in [2.45, 2.75) is 25.3 Å². The maximum absolute atomic E-state index is 11.8. The van der Waals surface area contributed by atoms with E-state index in [4.69, 9.17) is 5.26 Å². The maximum Gasteiger partial charge on any atom is 0.224 e. The molecule has 0 aromatic heterocycles. The minimum Gasteiger partial charge on any atom is -0.337 e. The Bertz CT molecular complexity index is 347. The molecular formula is C13H19N3O. The van der Waals surface area contributed by atoms with E-state index in [1.807, 2.05) is 11.0 Å².